The van der Waals surface area contributed by atoms with Gasteiger partial charge in [0.2, 0.25) is 0 Å². The Bertz CT molecular complexity index is 842. The number of rotatable bonds is 4. The largest absolute Gasteiger partial charge is 0.332 e. The van der Waals surface area contributed by atoms with Gasteiger partial charge in [0.25, 0.3) is 0 Å². The summed E-state index contributed by atoms with van der Waals surface area (Å²) in [6, 6.07) is 14.1. The van der Waals surface area contributed by atoms with Gasteiger partial charge in [-0.3, -0.25) is 10.1 Å². The van der Waals surface area contributed by atoms with Gasteiger partial charge in [-0.2, -0.15) is 5.10 Å². The molecule has 7 heteroatoms. The third-order valence-corrected chi connectivity index (χ3v) is 4.99. The molecule has 0 atom stereocenters. The average molecular weight is 351 g/mol. The van der Waals surface area contributed by atoms with Crippen LogP contribution >= 0.6 is 11.8 Å². The number of carbonyl (C=O) groups is 1. The van der Waals surface area contributed by atoms with E-state index in [0.717, 1.165) is 21.8 Å². The fraction of sp³-hybridized carbons (Fsp3) is 0.167. The summed E-state index contributed by atoms with van der Waals surface area (Å²) in [6.07, 6.45) is 3.61. The number of hydrogen-bond acceptors (Lipinski definition) is 4. The molecule has 25 heavy (non-hydrogen) atoms. The van der Waals surface area contributed by atoms with Crippen LogP contribution in [-0.2, 0) is 19.6 Å². The number of urea groups is 1. The van der Waals surface area contributed by atoms with Crippen molar-refractivity contribution in [3.05, 3.63) is 71.8 Å². The second-order valence-corrected chi connectivity index (χ2v) is 6.94. The third kappa shape index (κ3) is 3.66. The second-order valence-electron chi connectivity index (χ2n) is 5.79. The van der Waals surface area contributed by atoms with Crippen LogP contribution in [0.4, 0.5) is 4.79 Å². The number of H-pyrrole nitrogens is 1. The van der Waals surface area contributed by atoms with Gasteiger partial charge in [0.05, 0.1) is 37.2 Å². The maximum atomic E-state index is 12.2. The molecule has 0 bridgehead atoms. The number of fused-ring (bicyclic) bond motifs is 1. The van der Waals surface area contributed by atoms with Gasteiger partial charge in [0.15, 0.2) is 0 Å². The van der Waals surface area contributed by atoms with Crippen LogP contribution in [-0.4, -0.2) is 26.1 Å². The van der Waals surface area contributed by atoms with Gasteiger partial charge in [0, 0.05) is 21.6 Å². The Morgan fingerprint density at radius 3 is 2.76 bits per heavy atom. The first-order chi connectivity index (χ1) is 12.3. The smallest absolute Gasteiger partial charge is 0.318 e. The number of pyridine rings is 1. The highest BCUT2D eigenvalue weighted by atomic mass is 32.2. The van der Waals surface area contributed by atoms with Gasteiger partial charge in [0.1, 0.15) is 0 Å². The van der Waals surface area contributed by atoms with Crippen molar-refractivity contribution in [2.45, 2.75) is 29.4 Å². The lowest BCUT2D eigenvalue weighted by Crippen LogP contribution is -2.36. The van der Waals surface area contributed by atoms with Gasteiger partial charge >= 0.3 is 6.03 Å². The summed E-state index contributed by atoms with van der Waals surface area (Å²) in [5.74, 6) is 0. The summed E-state index contributed by atoms with van der Waals surface area (Å²) in [5.41, 5.74) is 2.93. The monoisotopic (exact) mass is 351 g/mol. The molecule has 6 nitrogen and oxygen atoms in total. The first-order valence-corrected chi connectivity index (χ1v) is 8.81. The molecule has 0 saturated carbocycles. The zero-order valence-corrected chi connectivity index (χ0v) is 14.3. The topological polar surface area (TPSA) is 73.9 Å². The van der Waals surface area contributed by atoms with Crippen LogP contribution in [0.5, 0.6) is 0 Å². The summed E-state index contributed by atoms with van der Waals surface area (Å²) < 4.78 is 0. The van der Waals surface area contributed by atoms with E-state index < -0.39 is 0 Å². The van der Waals surface area contributed by atoms with E-state index in [1.165, 1.54) is 4.90 Å². The molecule has 126 valence electrons. The van der Waals surface area contributed by atoms with Crippen molar-refractivity contribution in [1.29, 1.82) is 0 Å². The molecule has 2 amide bonds. The Morgan fingerprint density at radius 2 is 2.00 bits per heavy atom. The Morgan fingerprint density at radius 1 is 1.12 bits per heavy atom. The van der Waals surface area contributed by atoms with Gasteiger partial charge in [-0.05, 0) is 24.3 Å². The van der Waals surface area contributed by atoms with E-state index in [0.29, 0.717) is 19.6 Å². The Balaban J connectivity index is 1.30. The highest BCUT2D eigenvalue weighted by Gasteiger charge is 2.24. The second kappa shape index (κ2) is 6.98. The zero-order chi connectivity index (χ0) is 17.1. The van der Waals surface area contributed by atoms with E-state index in [9.17, 15) is 4.79 Å². The molecule has 2 N–H and O–H groups in total. The lowest BCUT2D eigenvalue weighted by molar-refractivity contribution is 0.197. The first-order valence-electron chi connectivity index (χ1n) is 7.99. The van der Waals surface area contributed by atoms with Gasteiger partial charge in [-0.15, -0.1) is 0 Å². The molecule has 0 unspecified atom stereocenters. The van der Waals surface area contributed by atoms with E-state index in [-0.39, 0.29) is 6.03 Å². The number of nitrogens with one attached hydrogen (secondary N) is 2. The maximum Gasteiger partial charge on any atom is 0.318 e. The van der Waals surface area contributed by atoms with Crippen LogP contribution in [0.1, 0.15) is 17.0 Å². The van der Waals surface area contributed by atoms with Crippen LogP contribution in [0, 0.1) is 0 Å². The van der Waals surface area contributed by atoms with E-state index in [2.05, 4.69) is 32.6 Å². The minimum absolute atomic E-state index is 0.0888. The van der Waals surface area contributed by atoms with Crippen molar-refractivity contribution in [1.82, 2.24) is 25.4 Å². The van der Waals surface area contributed by atoms with E-state index in [1.807, 2.05) is 36.5 Å². The van der Waals surface area contributed by atoms with E-state index in [1.54, 1.807) is 22.9 Å². The molecule has 0 saturated heterocycles. The molecule has 0 aliphatic carbocycles. The zero-order valence-electron chi connectivity index (χ0n) is 13.5. The molecule has 2 aromatic heterocycles. The fourth-order valence-corrected chi connectivity index (χ4v) is 3.49. The normalized spacial score (nSPS) is 12.9. The summed E-state index contributed by atoms with van der Waals surface area (Å²) in [4.78, 5) is 20.7. The molecule has 1 aliphatic heterocycles. The van der Waals surface area contributed by atoms with Crippen LogP contribution in [0.3, 0.4) is 0 Å². The van der Waals surface area contributed by atoms with Crippen LogP contribution in [0.25, 0.3) is 0 Å². The number of aromatic nitrogens is 3. The lowest BCUT2D eigenvalue weighted by atomic mass is 10.3. The van der Waals surface area contributed by atoms with Gasteiger partial charge < -0.3 is 10.2 Å². The van der Waals surface area contributed by atoms with Crippen molar-refractivity contribution in [2.24, 2.45) is 0 Å². The van der Waals surface area contributed by atoms with E-state index in [4.69, 9.17) is 0 Å². The molecular formula is C18H17N5OS. The average Bonchev–Trinajstić information content (AvgIpc) is 3.24. The molecule has 4 rings (SSSR count). The summed E-state index contributed by atoms with van der Waals surface area (Å²) in [7, 11) is 0. The number of aromatic amines is 1. The Labute approximate surface area is 149 Å². The summed E-state index contributed by atoms with van der Waals surface area (Å²) in [6.45, 7) is 1.58. The van der Waals surface area contributed by atoms with Gasteiger partial charge in [-0.1, -0.05) is 30.0 Å². The molecule has 0 radical (unpaired) electrons. The molecule has 3 aromatic rings. The van der Waals surface area contributed by atoms with Crippen molar-refractivity contribution in [3.63, 3.8) is 0 Å². The Kier molecular flexibility index (Phi) is 4.39. The standard InChI is InChI=1S/C18H17N5OS/c24-18(23-11-13-8-21-22-17(13)12-23)20-9-14-6-7-16(10-19-14)25-15-4-2-1-3-5-15/h1-8,10H,9,11-12H2,(H,20,24)(H,21,22). The molecule has 1 aliphatic rings. The van der Waals surface area contributed by atoms with Crippen LogP contribution in [0.2, 0.25) is 0 Å². The highest BCUT2D eigenvalue weighted by Crippen LogP contribution is 2.26. The third-order valence-electron chi connectivity index (χ3n) is 4.00. The highest BCUT2D eigenvalue weighted by molar-refractivity contribution is 7.99. The fourth-order valence-electron chi connectivity index (χ4n) is 2.69. The number of amides is 2. The predicted octanol–water partition coefficient (Wildman–Crippen LogP) is 3.18. The number of carbonyl (C=O) groups excluding carboxylic acids is 1. The van der Waals surface area contributed by atoms with Crippen molar-refractivity contribution >= 4 is 17.8 Å². The van der Waals surface area contributed by atoms with Crippen molar-refractivity contribution in [3.8, 4) is 0 Å². The van der Waals surface area contributed by atoms with Crippen molar-refractivity contribution < 1.29 is 4.79 Å². The predicted molar refractivity (Wildman–Crippen MR) is 94.9 cm³/mol. The SMILES string of the molecule is O=C(NCc1ccc(Sc2ccccc2)cn1)N1Cc2cn[nH]c2C1. The van der Waals surface area contributed by atoms with Crippen LogP contribution < -0.4 is 5.32 Å². The van der Waals surface area contributed by atoms with Crippen LogP contribution in [0.15, 0.2) is 64.6 Å². The molecular weight excluding hydrogens is 334 g/mol. The van der Waals surface area contributed by atoms with E-state index >= 15 is 0 Å². The quantitative estimate of drug-likeness (QED) is 0.757. The number of benzene rings is 1. The first kappa shape index (κ1) is 15.7. The summed E-state index contributed by atoms with van der Waals surface area (Å²) in [5, 5.41) is 9.81. The lowest BCUT2D eigenvalue weighted by Gasteiger charge is -2.16. The molecule has 3 heterocycles. The maximum absolute atomic E-state index is 12.2. The minimum Gasteiger partial charge on any atom is -0.332 e. The summed E-state index contributed by atoms with van der Waals surface area (Å²) >= 11 is 1.67. The number of hydrogen-bond donors (Lipinski definition) is 2. The minimum atomic E-state index is -0.0888. The molecule has 0 fully saturated rings. The Hall–Kier alpha value is -2.80. The van der Waals surface area contributed by atoms with Crippen molar-refractivity contribution in [2.75, 3.05) is 0 Å². The molecule has 1 aromatic carbocycles. The molecule has 0 spiro atoms. The van der Waals surface area contributed by atoms with Gasteiger partial charge in [-0.25, -0.2) is 4.79 Å². The number of nitrogens with zero attached hydrogens (tertiary/aromatic N) is 3.